The molecule has 1 heterocycles. The highest BCUT2D eigenvalue weighted by molar-refractivity contribution is 7.99. The molecule has 1 aromatic rings. The van der Waals surface area contributed by atoms with Gasteiger partial charge in [-0.2, -0.15) is 11.8 Å². The summed E-state index contributed by atoms with van der Waals surface area (Å²) in [6, 6.07) is 0. The molecular weight excluding hydrogens is 202 g/mol. The molecule has 1 unspecified atom stereocenters. The van der Waals surface area contributed by atoms with Crippen molar-refractivity contribution in [1.82, 2.24) is 9.59 Å². The molecule has 0 saturated carbocycles. The first-order chi connectivity index (χ1) is 6.11. The van der Waals surface area contributed by atoms with Crippen molar-refractivity contribution in [2.45, 2.75) is 31.8 Å². The zero-order valence-electron chi connectivity index (χ0n) is 8.15. The summed E-state index contributed by atoms with van der Waals surface area (Å²) in [5.41, 5.74) is 6.62. The minimum Gasteiger partial charge on any atom is -0.388 e. The maximum atomic E-state index is 5.68. The van der Waals surface area contributed by atoms with E-state index in [-0.39, 0.29) is 0 Å². The summed E-state index contributed by atoms with van der Waals surface area (Å²) in [5.74, 6) is 1.57. The van der Waals surface area contributed by atoms with Crippen LogP contribution in [0.4, 0.5) is 5.00 Å². The first-order valence-corrected chi connectivity index (χ1v) is 6.11. The van der Waals surface area contributed by atoms with Gasteiger partial charge in [0.1, 0.15) is 10.7 Å². The summed E-state index contributed by atoms with van der Waals surface area (Å²) in [6.07, 6.45) is 0. The topological polar surface area (TPSA) is 51.8 Å². The lowest BCUT2D eigenvalue weighted by molar-refractivity contribution is 0.642. The Morgan fingerprint density at radius 3 is 2.62 bits per heavy atom. The molecule has 0 aromatic carbocycles. The second-order valence-corrected chi connectivity index (χ2v) is 5.50. The van der Waals surface area contributed by atoms with Crippen molar-refractivity contribution in [2.24, 2.45) is 5.92 Å². The molecule has 0 saturated heterocycles. The molecule has 0 aliphatic rings. The zero-order valence-corrected chi connectivity index (χ0v) is 9.78. The number of nitrogens with two attached hydrogens (primary N) is 1. The number of hydrogen-bond acceptors (Lipinski definition) is 5. The van der Waals surface area contributed by atoms with Gasteiger partial charge >= 0.3 is 0 Å². The normalized spacial score (nSPS) is 13.5. The highest BCUT2D eigenvalue weighted by Crippen LogP contribution is 2.25. The number of nitrogens with zero attached hydrogens (tertiary/aromatic N) is 2. The zero-order chi connectivity index (χ0) is 9.84. The van der Waals surface area contributed by atoms with Crippen LogP contribution in [0.2, 0.25) is 0 Å². The van der Waals surface area contributed by atoms with Crippen molar-refractivity contribution in [2.75, 3.05) is 5.73 Å². The van der Waals surface area contributed by atoms with Gasteiger partial charge in [0.25, 0.3) is 0 Å². The van der Waals surface area contributed by atoms with E-state index in [0.29, 0.717) is 11.2 Å². The van der Waals surface area contributed by atoms with E-state index < -0.39 is 0 Å². The number of rotatable bonds is 4. The van der Waals surface area contributed by atoms with Gasteiger partial charge in [-0.3, -0.25) is 0 Å². The number of anilines is 1. The number of nitrogen functional groups attached to an aromatic ring is 1. The molecule has 0 aliphatic heterocycles. The van der Waals surface area contributed by atoms with Crippen molar-refractivity contribution < 1.29 is 0 Å². The summed E-state index contributed by atoms with van der Waals surface area (Å²) >= 11 is 3.15. The van der Waals surface area contributed by atoms with Crippen molar-refractivity contribution in [3.63, 3.8) is 0 Å². The Hall–Kier alpha value is -0.290. The molecule has 3 nitrogen and oxygen atoms in total. The molecule has 1 rings (SSSR count). The van der Waals surface area contributed by atoms with Crippen LogP contribution in [0.5, 0.6) is 0 Å². The molecule has 0 aliphatic carbocycles. The summed E-state index contributed by atoms with van der Waals surface area (Å²) < 4.78 is 3.80. The van der Waals surface area contributed by atoms with Crippen molar-refractivity contribution in [1.29, 1.82) is 0 Å². The van der Waals surface area contributed by atoms with Gasteiger partial charge in [0.15, 0.2) is 0 Å². The van der Waals surface area contributed by atoms with Crippen LogP contribution in [0.15, 0.2) is 0 Å². The quantitative estimate of drug-likeness (QED) is 0.841. The average Bonchev–Trinajstić information content (AvgIpc) is 2.47. The van der Waals surface area contributed by atoms with Gasteiger partial charge in [-0.25, -0.2) is 0 Å². The van der Waals surface area contributed by atoms with Crippen LogP contribution in [-0.2, 0) is 5.75 Å². The SMILES string of the molecule is CC(C)C(C)SCc1nnsc1N. The predicted molar refractivity (Wildman–Crippen MR) is 59.9 cm³/mol. The maximum absolute atomic E-state index is 5.68. The standard InChI is InChI=1S/C8H15N3S2/c1-5(2)6(3)12-4-7-8(9)13-11-10-7/h5-6H,4,9H2,1-3H3. The Morgan fingerprint density at radius 1 is 1.46 bits per heavy atom. The first kappa shape index (κ1) is 10.8. The molecule has 74 valence electrons. The maximum Gasteiger partial charge on any atom is 0.131 e. The van der Waals surface area contributed by atoms with Gasteiger partial charge in [-0.1, -0.05) is 25.3 Å². The van der Waals surface area contributed by atoms with E-state index in [2.05, 4.69) is 30.4 Å². The number of hydrogen-bond donors (Lipinski definition) is 1. The van der Waals surface area contributed by atoms with Gasteiger partial charge < -0.3 is 5.73 Å². The summed E-state index contributed by atoms with van der Waals surface area (Å²) in [4.78, 5) is 0. The molecule has 1 aromatic heterocycles. The molecule has 0 bridgehead atoms. The summed E-state index contributed by atoms with van der Waals surface area (Å²) in [6.45, 7) is 6.67. The molecule has 0 spiro atoms. The lowest BCUT2D eigenvalue weighted by Gasteiger charge is -2.13. The van der Waals surface area contributed by atoms with Crippen LogP contribution in [0, 0.1) is 5.92 Å². The first-order valence-electron chi connectivity index (χ1n) is 4.29. The van der Waals surface area contributed by atoms with E-state index in [1.807, 2.05) is 11.8 Å². The molecule has 1 atom stereocenters. The molecule has 5 heteroatoms. The highest BCUT2D eigenvalue weighted by Gasteiger charge is 2.10. The van der Waals surface area contributed by atoms with E-state index in [1.54, 1.807) is 0 Å². The van der Waals surface area contributed by atoms with E-state index in [1.165, 1.54) is 11.5 Å². The smallest absolute Gasteiger partial charge is 0.131 e. The lowest BCUT2D eigenvalue weighted by Crippen LogP contribution is -2.06. The van der Waals surface area contributed by atoms with E-state index in [9.17, 15) is 0 Å². The van der Waals surface area contributed by atoms with Gasteiger partial charge in [-0.15, -0.1) is 5.10 Å². The van der Waals surface area contributed by atoms with Crippen molar-refractivity contribution >= 4 is 28.3 Å². The fourth-order valence-electron chi connectivity index (χ4n) is 0.718. The lowest BCUT2D eigenvalue weighted by atomic mass is 10.2. The third kappa shape index (κ3) is 3.15. The van der Waals surface area contributed by atoms with Gasteiger partial charge in [0.05, 0.1) is 0 Å². The van der Waals surface area contributed by atoms with E-state index in [4.69, 9.17) is 5.73 Å². The Morgan fingerprint density at radius 2 is 2.15 bits per heavy atom. The molecule has 0 fully saturated rings. The fraction of sp³-hybridized carbons (Fsp3) is 0.750. The molecule has 0 amide bonds. The monoisotopic (exact) mass is 217 g/mol. The average molecular weight is 217 g/mol. The molecule has 2 N–H and O–H groups in total. The van der Waals surface area contributed by atoms with Gasteiger partial charge in [0, 0.05) is 22.5 Å². The summed E-state index contributed by atoms with van der Waals surface area (Å²) in [5, 5.41) is 5.36. The molecule has 0 radical (unpaired) electrons. The largest absolute Gasteiger partial charge is 0.388 e. The minimum atomic E-state index is 0.640. The van der Waals surface area contributed by atoms with E-state index in [0.717, 1.165) is 16.4 Å². The summed E-state index contributed by atoms with van der Waals surface area (Å²) in [7, 11) is 0. The molecule has 13 heavy (non-hydrogen) atoms. The molecular formula is C8H15N3S2. The van der Waals surface area contributed by atoms with Crippen molar-refractivity contribution in [3.8, 4) is 0 Å². The van der Waals surface area contributed by atoms with Crippen LogP contribution >= 0.6 is 23.3 Å². The third-order valence-electron chi connectivity index (χ3n) is 2.01. The Kier molecular flexibility index (Phi) is 3.99. The highest BCUT2D eigenvalue weighted by atomic mass is 32.2. The van der Waals surface area contributed by atoms with E-state index >= 15 is 0 Å². The predicted octanol–water partition coefficient (Wildman–Crippen LogP) is 2.40. The second kappa shape index (κ2) is 4.81. The second-order valence-electron chi connectivity index (χ2n) is 3.34. The van der Waals surface area contributed by atoms with Crippen LogP contribution in [0.25, 0.3) is 0 Å². The Labute approximate surface area is 87.3 Å². The van der Waals surface area contributed by atoms with Crippen LogP contribution in [-0.4, -0.2) is 14.8 Å². The van der Waals surface area contributed by atoms with Crippen molar-refractivity contribution in [3.05, 3.63) is 5.69 Å². The minimum absolute atomic E-state index is 0.640. The van der Waals surface area contributed by atoms with Gasteiger partial charge in [-0.05, 0) is 5.92 Å². The number of aromatic nitrogens is 2. The van der Waals surface area contributed by atoms with Crippen LogP contribution < -0.4 is 5.73 Å². The third-order valence-corrected chi connectivity index (χ3v) is 4.11. The Bertz CT molecular complexity index is 260. The Balaban J connectivity index is 2.39. The number of thioether (sulfide) groups is 1. The van der Waals surface area contributed by atoms with Crippen LogP contribution in [0.3, 0.4) is 0 Å². The van der Waals surface area contributed by atoms with Gasteiger partial charge in [0.2, 0.25) is 0 Å². The fourth-order valence-corrected chi connectivity index (χ4v) is 2.27. The van der Waals surface area contributed by atoms with Crippen LogP contribution in [0.1, 0.15) is 26.5 Å².